The van der Waals surface area contributed by atoms with Gasteiger partial charge in [-0.15, -0.1) is 0 Å². The number of carbonyl (C=O) groups is 1. The molecule has 3 rings (SSSR count). The largest absolute Gasteiger partial charge is 0.341 e. The van der Waals surface area contributed by atoms with Gasteiger partial charge in [0.05, 0.1) is 21.4 Å². The predicted molar refractivity (Wildman–Crippen MR) is 118 cm³/mol. The quantitative estimate of drug-likeness (QED) is 0.563. The summed E-state index contributed by atoms with van der Waals surface area (Å²) in [5.41, 5.74) is 2.15. The number of amides is 1. The highest BCUT2D eigenvalue weighted by atomic mass is 35.5. The van der Waals surface area contributed by atoms with Crippen molar-refractivity contribution in [3.05, 3.63) is 88.2 Å². The molecule has 1 aromatic heterocycles. The lowest BCUT2D eigenvalue weighted by Gasteiger charge is -2.17. The van der Waals surface area contributed by atoms with E-state index >= 15 is 0 Å². The fourth-order valence-electron chi connectivity index (χ4n) is 2.71. The number of sulfonamides is 1. The van der Waals surface area contributed by atoms with Crippen molar-refractivity contribution in [2.24, 2.45) is 0 Å². The molecule has 0 unspecified atom stereocenters. The topological polar surface area (TPSA) is 79.4 Å². The lowest BCUT2D eigenvalue weighted by atomic mass is 10.1. The highest BCUT2D eigenvalue weighted by Gasteiger charge is 2.16. The second kappa shape index (κ2) is 9.47. The minimum atomic E-state index is -3.81. The number of carbonyl (C=O) groups excluding carboxylic acids is 1. The summed E-state index contributed by atoms with van der Waals surface area (Å²) in [6, 6.07) is 14.5. The Labute approximate surface area is 185 Å². The molecular weight excluding hydrogens is 445 g/mol. The number of pyridine rings is 1. The molecule has 0 saturated heterocycles. The standard InChI is InChI=1S/C21H19Cl2N3O3S/c1-26(14-16-8-10-24-11-9-16)21(27)12-15-2-4-17(5-3-15)25-30(28,29)18-6-7-19(22)20(23)13-18/h2-11,13,25H,12,14H2,1H3. The Morgan fingerprint density at radius 2 is 1.63 bits per heavy atom. The number of nitrogens with zero attached hydrogens (tertiary/aromatic N) is 2. The molecule has 6 nitrogen and oxygen atoms in total. The third-order valence-electron chi connectivity index (χ3n) is 4.36. The third-order valence-corrected chi connectivity index (χ3v) is 6.48. The van der Waals surface area contributed by atoms with E-state index in [-0.39, 0.29) is 27.3 Å². The molecule has 1 N–H and O–H groups in total. The fourth-order valence-corrected chi connectivity index (χ4v) is 4.16. The number of hydrogen-bond donors (Lipinski definition) is 1. The zero-order chi connectivity index (χ0) is 21.7. The van der Waals surface area contributed by atoms with Crippen LogP contribution >= 0.6 is 23.2 Å². The van der Waals surface area contributed by atoms with Gasteiger partial charge in [0.15, 0.2) is 0 Å². The molecule has 30 heavy (non-hydrogen) atoms. The maximum atomic E-state index is 12.5. The van der Waals surface area contributed by atoms with Crippen LogP contribution in [-0.4, -0.2) is 31.3 Å². The molecule has 0 spiro atoms. The summed E-state index contributed by atoms with van der Waals surface area (Å²) in [4.78, 5) is 18.1. The maximum absolute atomic E-state index is 12.5. The van der Waals surface area contributed by atoms with Crippen LogP contribution in [0.3, 0.4) is 0 Å². The van der Waals surface area contributed by atoms with Crippen molar-refractivity contribution in [2.75, 3.05) is 11.8 Å². The molecule has 9 heteroatoms. The van der Waals surface area contributed by atoms with Crippen LogP contribution in [0.25, 0.3) is 0 Å². The average molecular weight is 464 g/mol. The minimum absolute atomic E-state index is 0.00823. The lowest BCUT2D eigenvalue weighted by Crippen LogP contribution is -2.27. The maximum Gasteiger partial charge on any atom is 0.261 e. The number of anilines is 1. The van der Waals surface area contributed by atoms with Crippen molar-refractivity contribution in [1.82, 2.24) is 9.88 Å². The summed E-state index contributed by atoms with van der Waals surface area (Å²) in [7, 11) is -2.07. The Morgan fingerprint density at radius 3 is 2.27 bits per heavy atom. The molecule has 0 atom stereocenters. The lowest BCUT2D eigenvalue weighted by molar-refractivity contribution is -0.129. The van der Waals surface area contributed by atoms with Gasteiger partial charge in [-0.1, -0.05) is 35.3 Å². The second-order valence-corrected chi connectivity index (χ2v) is 9.16. The Balaban J connectivity index is 1.63. The minimum Gasteiger partial charge on any atom is -0.341 e. The molecule has 0 aliphatic carbocycles. The first-order valence-corrected chi connectivity index (χ1v) is 11.2. The zero-order valence-corrected chi connectivity index (χ0v) is 18.4. The van der Waals surface area contributed by atoms with Crippen LogP contribution in [0.1, 0.15) is 11.1 Å². The first kappa shape index (κ1) is 22.1. The number of halogens is 2. The Morgan fingerprint density at radius 1 is 0.967 bits per heavy atom. The van der Waals surface area contributed by atoms with Gasteiger partial charge in [-0.05, 0) is 53.6 Å². The van der Waals surface area contributed by atoms with E-state index in [1.54, 1.807) is 48.6 Å². The number of likely N-dealkylation sites (N-methyl/N-ethyl adjacent to an activating group) is 1. The number of hydrogen-bond acceptors (Lipinski definition) is 4. The van der Waals surface area contributed by atoms with Gasteiger partial charge < -0.3 is 4.90 Å². The third kappa shape index (κ3) is 5.72. The monoisotopic (exact) mass is 463 g/mol. The van der Waals surface area contributed by atoms with Crippen molar-refractivity contribution in [3.8, 4) is 0 Å². The van der Waals surface area contributed by atoms with Gasteiger partial charge in [0.1, 0.15) is 0 Å². The molecule has 2 aromatic carbocycles. The molecule has 1 heterocycles. The van der Waals surface area contributed by atoms with Crippen LogP contribution in [0.15, 0.2) is 71.9 Å². The summed E-state index contributed by atoms with van der Waals surface area (Å²) in [6.07, 6.45) is 3.58. The van der Waals surface area contributed by atoms with E-state index in [1.807, 2.05) is 12.1 Å². The smallest absolute Gasteiger partial charge is 0.261 e. The van der Waals surface area contributed by atoms with Gasteiger partial charge in [0, 0.05) is 31.7 Å². The number of rotatable bonds is 7. The number of benzene rings is 2. The van der Waals surface area contributed by atoms with Crippen LogP contribution in [-0.2, 0) is 27.8 Å². The van der Waals surface area contributed by atoms with Crippen molar-refractivity contribution >= 4 is 44.8 Å². The van der Waals surface area contributed by atoms with Crippen LogP contribution in [0.5, 0.6) is 0 Å². The van der Waals surface area contributed by atoms with Gasteiger partial charge in [-0.25, -0.2) is 8.42 Å². The van der Waals surface area contributed by atoms with Gasteiger partial charge >= 0.3 is 0 Å². The SMILES string of the molecule is CN(Cc1ccncc1)C(=O)Cc1ccc(NS(=O)(=O)c2ccc(Cl)c(Cl)c2)cc1. The molecule has 0 aliphatic rings. The summed E-state index contributed by atoms with van der Waals surface area (Å²) >= 11 is 11.7. The van der Waals surface area contributed by atoms with Crippen molar-refractivity contribution in [1.29, 1.82) is 0 Å². The van der Waals surface area contributed by atoms with Gasteiger partial charge in [0.25, 0.3) is 10.0 Å². The number of nitrogens with one attached hydrogen (secondary N) is 1. The van der Waals surface area contributed by atoms with Crippen LogP contribution < -0.4 is 4.72 Å². The van der Waals surface area contributed by atoms with E-state index in [4.69, 9.17) is 23.2 Å². The average Bonchev–Trinajstić information content (AvgIpc) is 2.72. The Hall–Kier alpha value is -2.61. The highest BCUT2D eigenvalue weighted by Crippen LogP contribution is 2.26. The first-order chi connectivity index (χ1) is 14.2. The number of aromatic nitrogens is 1. The highest BCUT2D eigenvalue weighted by molar-refractivity contribution is 7.92. The Bertz CT molecular complexity index is 1140. The first-order valence-electron chi connectivity index (χ1n) is 8.94. The Kier molecular flexibility index (Phi) is 6.97. The van der Waals surface area contributed by atoms with Crippen LogP contribution in [0.4, 0.5) is 5.69 Å². The van der Waals surface area contributed by atoms with E-state index in [2.05, 4.69) is 9.71 Å². The molecule has 0 radical (unpaired) electrons. The summed E-state index contributed by atoms with van der Waals surface area (Å²) in [5.74, 6) is -0.0454. The zero-order valence-electron chi connectivity index (χ0n) is 16.0. The van der Waals surface area contributed by atoms with Gasteiger partial charge in [-0.3, -0.25) is 14.5 Å². The summed E-state index contributed by atoms with van der Waals surface area (Å²) in [6.45, 7) is 0.489. The van der Waals surface area contributed by atoms with E-state index in [0.717, 1.165) is 11.1 Å². The second-order valence-electron chi connectivity index (χ2n) is 6.66. The molecule has 156 valence electrons. The van der Waals surface area contributed by atoms with Crippen LogP contribution in [0.2, 0.25) is 10.0 Å². The summed E-state index contributed by atoms with van der Waals surface area (Å²) < 4.78 is 27.5. The molecule has 0 saturated carbocycles. The molecular formula is C21H19Cl2N3O3S. The summed E-state index contributed by atoms with van der Waals surface area (Å²) in [5, 5.41) is 0.433. The van der Waals surface area contributed by atoms with E-state index < -0.39 is 10.0 Å². The molecule has 3 aromatic rings. The normalized spacial score (nSPS) is 11.2. The van der Waals surface area contributed by atoms with Crippen molar-refractivity contribution < 1.29 is 13.2 Å². The molecule has 0 bridgehead atoms. The van der Waals surface area contributed by atoms with E-state index in [0.29, 0.717) is 12.2 Å². The molecule has 0 aliphatic heterocycles. The molecule has 1 amide bonds. The fraction of sp³-hybridized carbons (Fsp3) is 0.143. The van der Waals surface area contributed by atoms with E-state index in [1.165, 1.54) is 18.2 Å². The van der Waals surface area contributed by atoms with Crippen molar-refractivity contribution in [3.63, 3.8) is 0 Å². The van der Waals surface area contributed by atoms with E-state index in [9.17, 15) is 13.2 Å². The van der Waals surface area contributed by atoms with Crippen LogP contribution in [0, 0.1) is 0 Å². The van der Waals surface area contributed by atoms with Crippen molar-refractivity contribution in [2.45, 2.75) is 17.9 Å². The predicted octanol–water partition coefficient (Wildman–Crippen LogP) is 4.39. The molecule has 0 fully saturated rings. The van der Waals surface area contributed by atoms with Gasteiger partial charge in [0.2, 0.25) is 5.91 Å². The van der Waals surface area contributed by atoms with Gasteiger partial charge in [-0.2, -0.15) is 0 Å².